The van der Waals surface area contributed by atoms with E-state index in [0.29, 0.717) is 5.39 Å². The van der Waals surface area contributed by atoms with E-state index in [-0.39, 0.29) is 5.75 Å². The molecule has 0 heterocycles. The summed E-state index contributed by atoms with van der Waals surface area (Å²) in [5.41, 5.74) is 0. The van der Waals surface area contributed by atoms with Gasteiger partial charge in [0.25, 0.3) is 10.1 Å². The number of ether oxygens (including phenoxy) is 1. The highest BCUT2D eigenvalue weighted by Crippen LogP contribution is 2.27. The lowest BCUT2D eigenvalue weighted by Crippen LogP contribution is -2.43. The van der Waals surface area contributed by atoms with Crippen LogP contribution in [-0.4, -0.2) is 23.7 Å². The van der Waals surface area contributed by atoms with Crippen molar-refractivity contribution in [1.82, 2.24) is 0 Å². The molecule has 0 fully saturated rings. The lowest BCUT2D eigenvalue weighted by molar-refractivity contribution is -0.136. The summed E-state index contributed by atoms with van der Waals surface area (Å²) in [5, 5.41) is 1.55. The van der Waals surface area contributed by atoms with Gasteiger partial charge in [0.1, 0.15) is 5.75 Å². The summed E-state index contributed by atoms with van der Waals surface area (Å²) < 4.78 is 34.6. The van der Waals surface area contributed by atoms with Crippen LogP contribution in [0.1, 0.15) is 13.8 Å². The van der Waals surface area contributed by atoms with Crippen molar-refractivity contribution in [2.75, 3.05) is 0 Å². The van der Waals surface area contributed by atoms with Crippen molar-refractivity contribution in [2.45, 2.75) is 18.6 Å². The highest BCUT2D eigenvalue weighted by molar-refractivity contribution is 7.88. The largest absolute Gasteiger partial charge is 0.425 e. The second-order valence-corrected chi connectivity index (χ2v) is 6.82. The van der Waals surface area contributed by atoms with Gasteiger partial charge in [-0.3, -0.25) is 4.55 Å². The van der Waals surface area contributed by atoms with E-state index >= 15 is 0 Å². The lowest BCUT2D eigenvalue weighted by atomic mass is 10.1. The maximum absolute atomic E-state index is 12.0. The first-order chi connectivity index (χ1) is 9.23. The van der Waals surface area contributed by atoms with E-state index in [4.69, 9.17) is 9.29 Å². The first-order valence-electron chi connectivity index (χ1n) is 5.90. The molecule has 1 N–H and O–H groups in total. The number of hydrogen-bond donors (Lipinski definition) is 1. The Balaban J connectivity index is 2.41. The Labute approximate surface area is 116 Å². The van der Waals surface area contributed by atoms with Gasteiger partial charge >= 0.3 is 5.97 Å². The minimum Gasteiger partial charge on any atom is -0.425 e. The van der Waals surface area contributed by atoms with Gasteiger partial charge in [0, 0.05) is 5.39 Å². The van der Waals surface area contributed by atoms with E-state index in [0.717, 1.165) is 19.2 Å². The molecule has 0 bridgehead atoms. The topological polar surface area (TPSA) is 80.7 Å². The molecule has 0 radical (unpaired) electrons. The van der Waals surface area contributed by atoms with Crippen LogP contribution in [0, 0.1) is 0 Å². The molecular formula is C14H14O5S. The van der Waals surface area contributed by atoms with Gasteiger partial charge in [-0.15, -0.1) is 0 Å². The third-order valence-electron chi connectivity index (χ3n) is 3.09. The van der Waals surface area contributed by atoms with Gasteiger partial charge in [0.15, 0.2) is 4.75 Å². The molecule has 0 aliphatic carbocycles. The van der Waals surface area contributed by atoms with E-state index < -0.39 is 20.8 Å². The fourth-order valence-electron chi connectivity index (χ4n) is 1.61. The smallest absolute Gasteiger partial charge is 0.334 e. The van der Waals surface area contributed by atoms with Crippen LogP contribution in [0.2, 0.25) is 0 Å². The van der Waals surface area contributed by atoms with Gasteiger partial charge in [-0.1, -0.05) is 36.4 Å². The average molecular weight is 294 g/mol. The molecule has 6 heteroatoms. The highest BCUT2D eigenvalue weighted by Gasteiger charge is 2.42. The van der Waals surface area contributed by atoms with Crippen molar-refractivity contribution >= 4 is 26.9 Å². The number of hydrogen-bond acceptors (Lipinski definition) is 4. The van der Waals surface area contributed by atoms with Crippen LogP contribution < -0.4 is 4.74 Å². The number of carbonyl (C=O) groups is 1. The fourth-order valence-corrected chi connectivity index (χ4v) is 1.87. The minimum absolute atomic E-state index is 0.254. The Bertz CT molecular complexity index is 757. The van der Waals surface area contributed by atoms with Gasteiger partial charge in [0.2, 0.25) is 0 Å². The van der Waals surface area contributed by atoms with E-state index in [1.54, 1.807) is 24.3 Å². The molecule has 0 spiro atoms. The van der Waals surface area contributed by atoms with Crippen LogP contribution in [-0.2, 0) is 14.9 Å². The highest BCUT2D eigenvalue weighted by atomic mass is 32.2. The summed E-state index contributed by atoms with van der Waals surface area (Å²) in [5.74, 6) is -0.777. The average Bonchev–Trinajstić information content (AvgIpc) is 2.37. The predicted octanol–water partition coefficient (Wildman–Crippen LogP) is 2.41. The Kier molecular flexibility index (Phi) is 3.54. The minimum atomic E-state index is -4.55. The third kappa shape index (κ3) is 2.52. The summed E-state index contributed by atoms with van der Waals surface area (Å²) in [6, 6.07) is 12.4. The third-order valence-corrected chi connectivity index (χ3v) is 4.55. The number of benzene rings is 2. The van der Waals surface area contributed by atoms with Gasteiger partial charge < -0.3 is 4.74 Å². The molecule has 0 amide bonds. The summed E-state index contributed by atoms with van der Waals surface area (Å²) >= 11 is 0. The normalized spacial score (nSPS) is 12.3. The molecular weight excluding hydrogens is 280 g/mol. The van der Waals surface area contributed by atoms with Crippen LogP contribution in [0.5, 0.6) is 5.75 Å². The molecule has 0 saturated heterocycles. The zero-order valence-electron chi connectivity index (χ0n) is 11.0. The zero-order valence-corrected chi connectivity index (χ0v) is 11.8. The molecule has 20 heavy (non-hydrogen) atoms. The molecule has 0 atom stereocenters. The Hall–Kier alpha value is -1.92. The quantitative estimate of drug-likeness (QED) is 0.534. The molecule has 5 nitrogen and oxygen atoms in total. The van der Waals surface area contributed by atoms with Gasteiger partial charge in [-0.2, -0.15) is 8.42 Å². The second kappa shape index (κ2) is 4.88. The van der Waals surface area contributed by atoms with Gasteiger partial charge in [-0.25, -0.2) is 4.79 Å². The van der Waals surface area contributed by atoms with Crippen LogP contribution in [0.3, 0.4) is 0 Å². The second-order valence-electron chi connectivity index (χ2n) is 4.85. The Morgan fingerprint density at radius 1 is 1.10 bits per heavy atom. The van der Waals surface area contributed by atoms with Crippen molar-refractivity contribution < 1.29 is 22.5 Å². The first kappa shape index (κ1) is 14.5. The molecule has 0 unspecified atom stereocenters. The van der Waals surface area contributed by atoms with Gasteiger partial charge in [-0.05, 0) is 25.3 Å². The maximum Gasteiger partial charge on any atom is 0.334 e. The summed E-state index contributed by atoms with van der Waals surface area (Å²) in [6.07, 6.45) is 0. The number of fused-ring (bicyclic) bond motifs is 1. The number of rotatable bonds is 3. The molecule has 2 aromatic carbocycles. The molecule has 0 aliphatic rings. The van der Waals surface area contributed by atoms with E-state index in [9.17, 15) is 13.2 Å². The molecule has 2 aromatic rings. The zero-order chi connectivity index (χ0) is 15.0. The first-order valence-corrected chi connectivity index (χ1v) is 7.34. The van der Waals surface area contributed by atoms with Crippen LogP contribution >= 0.6 is 0 Å². The molecule has 0 aliphatic heterocycles. The van der Waals surface area contributed by atoms with Crippen LogP contribution in [0.25, 0.3) is 10.8 Å². The van der Waals surface area contributed by atoms with E-state index in [1.807, 2.05) is 18.2 Å². The van der Waals surface area contributed by atoms with Gasteiger partial charge in [0.05, 0.1) is 0 Å². The monoisotopic (exact) mass is 294 g/mol. The van der Waals surface area contributed by atoms with Crippen LogP contribution in [0.4, 0.5) is 0 Å². The molecule has 2 rings (SSSR count). The van der Waals surface area contributed by atoms with Crippen molar-refractivity contribution in [3.8, 4) is 5.75 Å². The SMILES string of the molecule is CC(C)(C(=O)Oc1cccc2ccccc12)S(=O)(=O)O. The lowest BCUT2D eigenvalue weighted by Gasteiger charge is -2.19. The maximum atomic E-state index is 12.0. The number of esters is 1. The standard InChI is InChI=1S/C14H14O5S/c1-14(2,20(16,17)18)13(15)19-12-9-5-7-10-6-3-4-8-11(10)12/h3-9H,1-2H3,(H,16,17,18). The Morgan fingerprint density at radius 3 is 2.35 bits per heavy atom. The van der Waals surface area contributed by atoms with Crippen molar-refractivity contribution in [3.05, 3.63) is 42.5 Å². The Morgan fingerprint density at radius 2 is 1.70 bits per heavy atom. The summed E-state index contributed by atoms with van der Waals surface area (Å²) in [4.78, 5) is 12.0. The van der Waals surface area contributed by atoms with Crippen LogP contribution in [0.15, 0.2) is 42.5 Å². The summed E-state index contributed by atoms with van der Waals surface area (Å²) in [6.45, 7) is 2.19. The molecule has 0 aromatic heterocycles. The van der Waals surface area contributed by atoms with Crippen molar-refractivity contribution in [2.24, 2.45) is 0 Å². The van der Waals surface area contributed by atoms with Crippen molar-refractivity contribution in [3.63, 3.8) is 0 Å². The summed E-state index contributed by atoms with van der Waals surface area (Å²) in [7, 11) is -4.55. The molecule has 0 saturated carbocycles. The fraction of sp³-hybridized carbons (Fsp3) is 0.214. The van der Waals surface area contributed by atoms with Crippen molar-refractivity contribution in [1.29, 1.82) is 0 Å². The van der Waals surface area contributed by atoms with E-state index in [1.165, 1.54) is 0 Å². The molecule has 106 valence electrons. The number of carbonyl (C=O) groups excluding carboxylic acids is 1. The van der Waals surface area contributed by atoms with E-state index in [2.05, 4.69) is 0 Å². The predicted molar refractivity (Wildman–Crippen MR) is 75.2 cm³/mol.